The lowest BCUT2D eigenvalue weighted by Crippen LogP contribution is -2.10. The maximum absolute atomic E-state index is 10.7. The van der Waals surface area contributed by atoms with Gasteiger partial charge in [-0.2, -0.15) is 0 Å². The summed E-state index contributed by atoms with van der Waals surface area (Å²) in [5.74, 6) is -0.122. The average molecular weight is 224 g/mol. The molecule has 0 aliphatic rings. The van der Waals surface area contributed by atoms with Crippen molar-refractivity contribution in [2.24, 2.45) is 0 Å². The van der Waals surface area contributed by atoms with Crippen molar-refractivity contribution in [2.45, 2.75) is 19.4 Å². The van der Waals surface area contributed by atoms with E-state index in [4.69, 9.17) is 14.6 Å². The molecule has 0 saturated heterocycles. The van der Waals surface area contributed by atoms with Gasteiger partial charge in [0.05, 0.1) is 19.6 Å². The molecule has 1 unspecified atom stereocenters. The highest BCUT2D eigenvalue weighted by Gasteiger charge is 2.15. The highest BCUT2D eigenvalue weighted by Crippen LogP contribution is 2.23. The SMILES string of the molecule is CCOC(CC(=O)O)c1ccc(OC)cc1. The van der Waals surface area contributed by atoms with E-state index in [1.54, 1.807) is 19.2 Å². The summed E-state index contributed by atoms with van der Waals surface area (Å²) in [5, 5.41) is 8.77. The monoisotopic (exact) mass is 224 g/mol. The molecule has 1 aromatic carbocycles. The van der Waals surface area contributed by atoms with Gasteiger partial charge in [-0.25, -0.2) is 0 Å². The average Bonchev–Trinajstić information content (AvgIpc) is 2.28. The predicted molar refractivity (Wildman–Crippen MR) is 59.6 cm³/mol. The molecule has 0 aliphatic heterocycles. The Morgan fingerprint density at radius 2 is 2.00 bits per heavy atom. The van der Waals surface area contributed by atoms with Crippen LogP contribution in [-0.4, -0.2) is 24.8 Å². The fourth-order valence-electron chi connectivity index (χ4n) is 1.45. The van der Waals surface area contributed by atoms with Crippen LogP contribution in [0.5, 0.6) is 5.75 Å². The van der Waals surface area contributed by atoms with Gasteiger partial charge in [-0.1, -0.05) is 12.1 Å². The zero-order chi connectivity index (χ0) is 12.0. The summed E-state index contributed by atoms with van der Waals surface area (Å²) in [6.07, 6.45) is -0.423. The second kappa shape index (κ2) is 6.12. The third-order valence-electron chi connectivity index (χ3n) is 2.22. The second-order valence-electron chi connectivity index (χ2n) is 3.32. The number of carbonyl (C=O) groups is 1. The Kier molecular flexibility index (Phi) is 4.79. The first-order valence-electron chi connectivity index (χ1n) is 5.14. The highest BCUT2D eigenvalue weighted by molar-refractivity contribution is 5.67. The van der Waals surface area contributed by atoms with E-state index in [9.17, 15) is 4.79 Å². The van der Waals surface area contributed by atoms with Crippen molar-refractivity contribution < 1.29 is 19.4 Å². The van der Waals surface area contributed by atoms with Crippen LogP contribution in [0.3, 0.4) is 0 Å². The number of ether oxygens (including phenoxy) is 2. The van der Waals surface area contributed by atoms with Crippen molar-refractivity contribution in [3.8, 4) is 5.75 Å². The molecule has 0 amide bonds. The Labute approximate surface area is 94.8 Å². The minimum absolute atomic E-state index is 0.0276. The van der Waals surface area contributed by atoms with E-state index < -0.39 is 12.1 Å². The lowest BCUT2D eigenvalue weighted by atomic mass is 10.1. The molecule has 0 bridgehead atoms. The maximum Gasteiger partial charge on any atom is 0.306 e. The molecule has 0 saturated carbocycles. The van der Waals surface area contributed by atoms with E-state index >= 15 is 0 Å². The molecule has 1 atom stereocenters. The van der Waals surface area contributed by atoms with Crippen LogP contribution < -0.4 is 4.74 Å². The predicted octanol–water partition coefficient (Wildman–Crippen LogP) is 2.25. The normalized spacial score (nSPS) is 12.1. The van der Waals surface area contributed by atoms with Crippen LogP contribution in [0, 0.1) is 0 Å². The molecule has 0 heterocycles. The van der Waals surface area contributed by atoms with Gasteiger partial charge in [0.1, 0.15) is 5.75 Å². The molecule has 4 heteroatoms. The Hall–Kier alpha value is -1.55. The lowest BCUT2D eigenvalue weighted by Gasteiger charge is -2.15. The van der Waals surface area contributed by atoms with Crippen molar-refractivity contribution in [3.05, 3.63) is 29.8 Å². The standard InChI is InChI=1S/C12H16O4/c1-3-16-11(8-12(13)14)9-4-6-10(15-2)7-5-9/h4-7,11H,3,8H2,1-2H3,(H,13,14). The van der Waals surface area contributed by atoms with Gasteiger partial charge >= 0.3 is 5.97 Å². The zero-order valence-electron chi connectivity index (χ0n) is 9.47. The minimum Gasteiger partial charge on any atom is -0.497 e. The molecule has 0 aromatic heterocycles. The molecule has 0 aliphatic carbocycles. The van der Waals surface area contributed by atoms with Crippen LogP contribution in [0.1, 0.15) is 25.0 Å². The Bertz CT molecular complexity index is 331. The number of carboxylic acid groups (broad SMARTS) is 1. The van der Waals surface area contributed by atoms with Crippen LogP contribution in [0.4, 0.5) is 0 Å². The first-order valence-corrected chi connectivity index (χ1v) is 5.14. The molecule has 16 heavy (non-hydrogen) atoms. The number of carboxylic acids is 1. The van der Waals surface area contributed by atoms with Gasteiger partial charge in [0.25, 0.3) is 0 Å². The molecular weight excluding hydrogens is 208 g/mol. The fraction of sp³-hybridized carbons (Fsp3) is 0.417. The molecule has 1 aromatic rings. The van der Waals surface area contributed by atoms with E-state index in [2.05, 4.69) is 0 Å². The van der Waals surface area contributed by atoms with Gasteiger partial charge in [-0.15, -0.1) is 0 Å². The summed E-state index contributed by atoms with van der Waals surface area (Å²) in [4.78, 5) is 10.7. The quantitative estimate of drug-likeness (QED) is 0.805. The molecule has 0 spiro atoms. The van der Waals surface area contributed by atoms with Crippen molar-refractivity contribution in [1.29, 1.82) is 0 Å². The molecule has 1 rings (SSSR count). The number of hydrogen-bond donors (Lipinski definition) is 1. The summed E-state index contributed by atoms with van der Waals surface area (Å²) < 4.78 is 10.4. The largest absolute Gasteiger partial charge is 0.497 e. The van der Waals surface area contributed by atoms with Gasteiger partial charge in [-0.3, -0.25) is 4.79 Å². The summed E-state index contributed by atoms with van der Waals surface area (Å²) in [5.41, 5.74) is 0.852. The van der Waals surface area contributed by atoms with E-state index in [0.717, 1.165) is 11.3 Å². The van der Waals surface area contributed by atoms with Crippen molar-refractivity contribution in [3.63, 3.8) is 0 Å². The van der Waals surface area contributed by atoms with Gasteiger partial charge in [0.2, 0.25) is 0 Å². The smallest absolute Gasteiger partial charge is 0.306 e. The third-order valence-corrected chi connectivity index (χ3v) is 2.22. The molecular formula is C12H16O4. The van der Waals surface area contributed by atoms with Gasteiger partial charge in [-0.05, 0) is 24.6 Å². The molecule has 88 valence electrons. The van der Waals surface area contributed by atoms with E-state index in [1.165, 1.54) is 0 Å². The van der Waals surface area contributed by atoms with Crippen molar-refractivity contribution in [2.75, 3.05) is 13.7 Å². The Morgan fingerprint density at radius 3 is 2.44 bits per heavy atom. The summed E-state index contributed by atoms with van der Waals surface area (Å²) >= 11 is 0. The third kappa shape index (κ3) is 3.55. The van der Waals surface area contributed by atoms with Crippen LogP contribution in [0.25, 0.3) is 0 Å². The summed E-state index contributed by atoms with van der Waals surface area (Å²) in [6, 6.07) is 7.23. The van der Waals surface area contributed by atoms with Gasteiger partial charge < -0.3 is 14.6 Å². The Morgan fingerprint density at radius 1 is 1.38 bits per heavy atom. The van der Waals surface area contributed by atoms with Crippen molar-refractivity contribution >= 4 is 5.97 Å². The topological polar surface area (TPSA) is 55.8 Å². The van der Waals surface area contributed by atoms with Gasteiger partial charge in [0.15, 0.2) is 0 Å². The number of hydrogen-bond acceptors (Lipinski definition) is 3. The molecule has 4 nitrogen and oxygen atoms in total. The Balaban J connectivity index is 2.79. The molecule has 1 N–H and O–H groups in total. The molecule has 0 fully saturated rings. The van der Waals surface area contributed by atoms with Crippen LogP contribution >= 0.6 is 0 Å². The highest BCUT2D eigenvalue weighted by atomic mass is 16.5. The maximum atomic E-state index is 10.7. The van der Waals surface area contributed by atoms with Crippen molar-refractivity contribution in [1.82, 2.24) is 0 Å². The fourth-order valence-corrected chi connectivity index (χ4v) is 1.45. The number of rotatable bonds is 6. The lowest BCUT2D eigenvalue weighted by molar-refractivity contribution is -0.140. The summed E-state index contributed by atoms with van der Waals surface area (Å²) in [7, 11) is 1.59. The molecule has 0 radical (unpaired) electrons. The summed E-state index contributed by atoms with van der Waals surface area (Å²) in [6.45, 7) is 2.34. The first kappa shape index (κ1) is 12.5. The van der Waals surface area contributed by atoms with Gasteiger partial charge in [0, 0.05) is 6.61 Å². The number of benzene rings is 1. The number of aliphatic carboxylic acids is 1. The van der Waals surface area contributed by atoms with E-state index in [-0.39, 0.29) is 6.42 Å². The van der Waals surface area contributed by atoms with Crippen LogP contribution in [-0.2, 0) is 9.53 Å². The number of methoxy groups -OCH3 is 1. The van der Waals surface area contributed by atoms with E-state index in [0.29, 0.717) is 6.61 Å². The first-order chi connectivity index (χ1) is 7.67. The van der Waals surface area contributed by atoms with E-state index in [1.807, 2.05) is 19.1 Å². The minimum atomic E-state index is -0.866. The van der Waals surface area contributed by atoms with Crippen LogP contribution in [0.15, 0.2) is 24.3 Å². The zero-order valence-corrected chi connectivity index (χ0v) is 9.47. The second-order valence-corrected chi connectivity index (χ2v) is 3.32. The van der Waals surface area contributed by atoms with Crippen LogP contribution in [0.2, 0.25) is 0 Å².